The van der Waals surface area contributed by atoms with Crippen LogP contribution in [0.5, 0.6) is 0 Å². The smallest absolute Gasteiger partial charge is 0.0697 e. The third-order valence-electron chi connectivity index (χ3n) is 1.16. The summed E-state index contributed by atoms with van der Waals surface area (Å²) in [6.45, 7) is 8.86. The van der Waals surface area contributed by atoms with Crippen LogP contribution in [0.3, 0.4) is 0 Å². The molecule has 0 fully saturated rings. The maximum absolute atomic E-state index is 8.58. The standard InChI is InChI=1S/C8H14N2/c1-4-5-10-7-8(2,3)6-9/h4,10H,1,5,7H2,2-3H3. The maximum atomic E-state index is 8.58. The molecular formula is C8H14N2. The molecule has 0 aromatic carbocycles. The number of hydrogen-bond donors (Lipinski definition) is 1. The molecule has 0 aliphatic carbocycles. The van der Waals surface area contributed by atoms with Crippen molar-refractivity contribution in [1.82, 2.24) is 5.32 Å². The highest BCUT2D eigenvalue weighted by Crippen LogP contribution is 2.09. The predicted octanol–water partition coefficient (Wildman–Crippen LogP) is 1.31. The number of nitrogens with one attached hydrogen (secondary N) is 1. The highest BCUT2D eigenvalue weighted by Gasteiger charge is 2.14. The zero-order valence-electron chi connectivity index (χ0n) is 6.65. The molecule has 0 bridgehead atoms. The minimum Gasteiger partial charge on any atom is -0.312 e. The first-order chi connectivity index (χ1) is 4.62. The summed E-state index contributed by atoms with van der Waals surface area (Å²) >= 11 is 0. The first kappa shape index (κ1) is 9.19. The third-order valence-corrected chi connectivity index (χ3v) is 1.16. The van der Waals surface area contributed by atoms with Crippen LogP contribution in [0, 0.1) is 16.7 Å². The second kappa shape index (κ2) is 4.08. The van der Waals surface area contributed by atoms with Crippen LogP contribution in [-0.4, -0.2) is 13.1 Å². The van der Waals surface area contributed by atoms with E-state index >= 15 is 0 Å². The van der Waals surface area contributed by atoms with Crippen LogP contribution < -0.4 is 5.32 Å². The lowest BCUT2D eigenvalue weighted by molar-refractivity contribution is 0.458. The second-order valence-electron chi connectivity index (χ2n) is 2.92. The molecule has 10 heavy (non-hydrogen) atoms. The molecular weight excluding hydrogens is 124 g/mol. The molecule has 0 atom stereocenters. The average molecular weight is 138 g/mol. The third kappa shape index (κ3) is 4.11. The van der Waals surface area contributed by atoms with Gasteiger partial charge < -0.3 is 5.32 Å². The van der Waals surface area contributed by atoms with E-state index in [2.05, 4.69) is 18.0 Å². The van der Waals surface area contributed by atoms with E-state index in [1.54, 1.807) is 6.08 Å². The Balaban J connectivity index is 3.49. The van der Waals surface area contributed by atoms with E-state index < -0.39 is 0 Å². The molecule has 0 rings (SSSR count). The van der Waals surface area contributed by atoms with Gasteiger partial charge in [-0.1, -0.05) is 6.08 Å². The molecule has 2 heteroatoms. The molecule has 0 aliphatic rings. The molecule has 0 saturated heterocycles. The largest absolute Gasteiger partial charge is 0.312 e. The Morgan fingerprint density at radius 3 is 2.70 bits per heavy atom. The summed E-state index contributed by atoms with van der Waals surface area (Å²) in [6, 6.07) is 2.20. The zero-order chi connectivity index (χ0) is 8.04. The van der Waals surface area contributed by atoms with Crippen LogP contribution in [0.4, 0.5) is 0 Å². The number of nitrogens with zero attached hydrogens (tertiary/aromatic N) is 1. The summed E-state index contributed by atoms with van der Waals surface area (Å²) < 4.78 is 0. The topological polar surface area (TPSA) is 35.8 Å². The normalized spacial score (nSPS) is 10.5. The first-order valence-corrected chi connectivity index (χ1v) is 3.35. The van der Waals surface area contributed by atoms with Gasteiger partial charge >= 0.3 is 0 Å². The van der Waals surface area contributed by atoms with Gasteiger partial charge in [0.1, 0.15) is 0 Å². The lowest BCUT2D eigenvalue weighted by Crippen LogP contribution is -2.27. The summed E-state index contributed by atoms with van der Waals surface area (Å²) in [4.78, 5) is 0. The number of nitriles is 1. The highest BCUT2D eigenvalue weighted by atomic mass is 14.9. The van der Waals surface area contributed by atoms with Gasteiger partial charge in [0.2, 0.25) is 0 Å². The van der Waals surface area contributed by atoms with Gasteiger partial charge in [-0.05, 0) is 13.8 Å². The zero-order valence-corrected chi connectivity index (χ0v) is 6.65. The summed E-state index contributed by atoms with van der Waals surface area (Å²) in [5.41, 5.74) is -0.261. The highest BCUT2D eigenvalue weighted by molar-refractivity contribution is 4.93. The Bertz CT molecular complexity index is 142. The Morgan fingerprint density at radius 1 is 1.70 bits per heavy atom. The fraction of sp³-hybridized carbons (Fsp3) is 0.625. The Labute approximate surface area is 62.5 Å². The average Bonchev–Trinajstić information content (AvgIpc) is 1.89. The summed E-state index contributed by atoms with van der Waals surface area (Å²) in [6.07, 6.45) is 1.79. The van der Waals surface area contributed by atoms with Gasteiger partial charge in [-0.15, -0.1) is 6.58 Å². The molecule has 0 aliphatic heterocycles. The Kier molecular flexibility index (Phi) is 3.75. The lowest BCUT2D eigenvalue weighted by atomic mass is 9.96. The van der Waals surface area contributed by atoms with Crippen molar-refractivity contribution in [2.24, 2.45) is 5.41 Å². The molecule has 2 nitrogen and oxygen atoms in total. The molecule has 0 amide bonds. The van der Waals surface area contributed by atoms with E-state index in [0.29, 0.717) is 0 Å². The molecule has 0 unspecified atom stereocenters. The predicted molar refractivity (Wildman–Crippen MR) is 42.5 cm³/mol. The van der Waals surface area contributed by atoms with Crippen LogP contribution in [-0.2, 0) is 0 Å². The number of rotatable bonds is 4. The molecule has 0 heterocycles. The van der Waals surface area contributed by atoms with Gasteiger partial charge in [0.25, 0.3) is 0 Å². The van der Waals surface area contributed by atoms with Crippen LogP contribution in [0.25, 0.3) is 0 Å². The minimum absolute atomic E-state index is 0.261. The molecule has 56 valence electrons. The molecule has 0 spiro atoms. The van der Waals surface area contributed by atoms with Gasteiger partial charge in [-0.3, -0.25) is 0 Å². The molecule has 0 radical (unpaired) electrons. The van der Waals surface area contributed by atoms with Crippen LogP contribution >= 0.6 is 0 Å². The van der Waals surface area contributed by atoms with Crippen LogP contribution in [0.15, 0.2) is 12.7 Å². The van der Waals surface area contributed by atoms with Crippen molar-refractivity contribution in [2.75, 3.05) is 13.1 Å². The van der Waals surface area contributed by atoms with E-state index in [1.165, 1.54) is 0 Å². The molecule has 0 saturated carbocycles. The molecule has 0 aromatic heterocycles. The van der Waals surface area contributed by atoms with E-state index in [0.717, 1.165) is 13.1 Å². The van der Waals surface area contributed by atoms with Crippen LogP contribution in [0.1, 0.15) is 13.8 Å². The number of hydrogen-bond acceptors (Lipinski definition) is 2. The lowest BCUT2D eigenvalue weighted by Gasteiger charge is -2.14. The Morgan fingerprint density at radius 2 is 2.30 bits per heavy atom. The summed E-state index contributed by atoms with van der Waals surface area (Å²) in [5, 5.41) is 11.7. The Hall–Kier alpha value is -0.810. The van der Waals surface area contributed by atoms with Crippen molar-refractivity contribution in [3.8, 4) is 6.07 Å². The van der Waals surface area contributed by atoms with E-state index in [4.69, 9.17) is 5.26 Å². The monoisotopic (exact) mass is 138 g/mol. The minimum atomic E-state index is -0.261. The van der Waals surface area contributed by atoms with Gasteiger partial charge in [-0.25, -0.2) is 0 Å². The second-order valence-corrected chi connectivity index (χ2v) is 2.92. The maximum Gasteiger partial charge on any atom is 0.0697 e. The first-order valence-electron chi connectivity index (χ1n) is 3.35. The van der Waals surface area contributed by atoms with Crippen molar-refractivity contribution in [1.29, 1.82) is 5.26 Å². The quantitative estimate of drug-likeness (QED) is 0.469. The van der Waals surface area contributed by atoms with E-state index in [9.17, 15) is 0 Å². The van der Waals surface area contributed by atoms with Gasteiger partial charge in [-0.2, -0.15) is 5.26 Å². The van der Waals surface area contributed by atoms with E-state index in [-0.39, 0.29) is 5.41 Å². The van der Waals surface area contributed by atoms with Crippen molar-refractivity contribution in [3.05, 3.63) is 12.7 Å². The van der Waals surface area contributed by atoms with Crippen molar-refractivity contribution >= 4 is 0 Å². The van der Waals surface area contributed by atoms with Crippen molar-refractivity contribution in [2.45, 2.75) is 13.8 Å². The van der Waals surface area contributed by atoms with Gasteiger partial charge in [0.15, 0.2) is 0 Å². The molecule has 1 N–H and O–H groups in total. The fourth-order valence-electron chi connectivity index (χ4n) is 0.526. The van der Waals surface area contributed by atoms with Crippen LogP contribution in [0.2, 0.25) is 0 Å². The fourth-order valence-corrected chi connectivity index (χ4v) is 0.526. The van der Waals surface area contributed by atoms with Gasteiger partial charge in [0, 0.05) is 13.1 Å². The summed E-state index contributed by atoms with van der Waals surface area (Å²) in [5.74, 6) is 0. The van der Waals surface area contributed by atoms with E-state index in [1.807, 2.05) is 13.8 Å². The molecule has 0 aromatic rings. The van der Waals surface area contributed by atoms with Crippen molar-refractivity contribution < 1.29 is 0 Å². The SMILES string of the molecule is C=CCNCC(C)(C)C#N. The van der Waals surface area contributed by atoms with Gasteiger partial charge in [0.05, 0.1) is 11.5 Å². The van der Waals surface area contributed by atoms with Crippen molar-refractivity contribution in [3.63, 3.8) is 0 Å². The summed E-state index contributed by atoms with van der Waals surface area (Å²) in [7, 11) is 0.